The Labute approximate surface area is 143 Å². The van der Waals surface area contributed by atoms with Gasteiger partial charge in [0.15, 0.2) is 6.61 Å². The summed E-state index contributed by atoms with van der Waals surface area (Å²) in [7, 11) is 0. The van der Waals surface area contributed by atoms with Gasteiger partial charge in [-0.1, -0.05) is 0 Å². The molecule has 0 unspecified atom stereocenters. The number of amides is 2. The molecule has 9 nitrogen and oxygen atoms in total. The van der Waals surface area contributed by atoms with E-state index in [2.05, 4.69) is 10.6 Å². The molecular weight excluding hydrogens is 332 g/mol. The lowest BCUT2D eigenvalue weighted by atomic mass is 10.1. The van der Waals surface area contributed by atoms with Crippen molar-refractivity contribution in [2.45, 2.75) is 18.6 Å². The molecule has 1 aromatic carbocycles. The van der Waals surface area contributed by atoms with Crippen LogP contribution in [0.2, 0.25) is 0 Å². The molecule has 3 rings (SSSR count). The van der Waals surface area contributed by atoms with E-state index in [1.165, 1.54) is 0 Å². The summed E-state index contributed by atoms with van der Waals surface area (Å²) in [4.78, 5) is 34.4. The third-order valence-corrected chi connectivity index (χ3v) is 3.91. The van der Waals surface area contributed by atoms with Crippen LogP contribution in [0.3, 0.4) is 0 Å². The first-order valence-corrected chi connectivity index (χ1v) is 7.81. The van der Waals surface area contributed by atoms with Crippen LogP contribution in [-0.4, -0.2) is 61.5 Å². The van der Waals surface area contributed by atoms with Crippen molar-refractivity contribution in [3.8, 4) is 5.75 Å². The average Bonchev–Trinajstić information content (AvgIpc) is 2.60. The number of benzene rings is 1. The van der Waals surface area contributed by atoms with Gasteiger partial charge in [0.1, 0.15) is 12.4 Å². The molecule has 0 aliphatic carbocycles. The Kier molecular flexibility index (Phi) is 5.15. The second kappa shape index (κ2) is 7.49. The van der Waals surface area contributed by atoms with Crippen LogP contribution in [0.5, 0.6) is 5.75 Å². The van der Waals surface area contributed by atoms with E-state index >= 15 is 0 Å². The third-order valence-electron chi connectivity index (χ3n) is 3.91. The predicted octanol–water partition coefficient (Wildman–Crippen LogP) is 0.00600. The first-order valence-electron chi connectivity index (χ1n) is 7.81. The van der Waals surface area contributed by atoms with Crippen molar-refractivity contribution in [1.29, 1.82) is 0 Å². The summed E-state index contributed by atoms with van der Waals surface area (Å²) in [5.41, 5.74) is 0.869. The fourth-order valence-electron chi connectivity index (χ4n) is 2.70. The van der Waals surface area contributed by atoms with Crippen molar-refractivity contribution in [2.24, 2.45) is 0 Å². The lowest BCUT2D eigenvalue weighted by Crippen LogP contribution is -2.51. The molecule has 2 aliphatic heterocycles. The van der Waals surface area contributed by atoms with Gasteiger partial charge in [0.25, 0.3) is 11.8 Å². The van der Waals surface area contributed by atoms with Crippen molar-refractivity contribution in [2.75, 3.05) is 31.7 Å². The molecule has 9 heteroatoms. The monoisotopic (exact) mass is 350 g/mol. The number of ether oxygens (including phenoxy) is 3. The SMILES string of the molecule is O=C(O)CO[C@H]1CCOC[C@H]1NC(=O)c1ccc2c(c1)OCC(=O)N2. The van der Waals surface area contributed by atoms with Crippen molar-refractivity contribution < 1.29 is 33.7 Å². The average molecular weight is 350 g/mol. The molecule has 1 aromatic rings. The molecule has 3 N–H and O–H groups in total. The largest absolute Gasteiger partial charge is 0.482 e. The van der Waals surface area contributed by atoms with E-state index in [-0.39, 0.29) is 25.0 Å². The summed E-state index contributed by atoms with van der Waals surface area (Å²) < 4.78 is 16.0. The number of carboxylic acid groups (broad SMARTS) is 1. The lowest BCUT2D eigenvalue weighted by molar-refractivity contribution is -0.147. The van der Waals surface area contributed by atoms with Crippen LogP contribution < -0.4 is 15.4 Å². The molecule has 0 spiro atoms. The van der Waals surface area contributed by atoms with E-state index < -0.39 is 24.7 Å². The minimum atomic E-state index is -1.06. The molecule has 1 fully saturated rings. The number of hydrogen-bond donors (Lipinski definition) is 3. The van der Waals surface area contributed by atoms with Crippen molar-refractivity contribution in [3.63, 3.8) is 0 Å². The molecule has 2 amide bonds. The maximum atomic E-state index is 12.5. The molecule has 2 heterocycles. The van der Waals surface area contributed by atoms with Crippen LogP contribution in [0.4, 0.5) is 5.69 Å². The smallest absolute Gasteiger partial charge is 0.329 e. The summed E-state index contributed by atoms with van der Waals surface area (Å²) >= 11 is 0. The second-order valence-corrected chi connectivity index (χ2v) is 5.73. The zero-order valence-corrected chi connectivity index (χ0v) is 13.3. The first-order chi connectivity index (χ1) is 12.0. The van der Waals surface area contributed by atoms with Crippen LogP contribution in [0.15, 0.2) is 18.2 Å². The van der Waals surface area contributed by atoms with E-state index in [0.29, 0.717) is 30.0 Å². The number of nitrogens with one attached hydrogen (secondary N) is 2. The fraction of sp³-hybridized carbons (Fsp3) is 0.438. The Hall–Kier alpha value is -2.65. The molecule has 0 radical (unpaired) electrons. The molecule has 0 aromatic heterocycles. The van der Waals surface area contributed by atoms with Crippen molar-refractivity contribution in [1.82, 2.24) is 5.32 Å². The highest BCUT2D eigenvalue weighted by atomic mass is 16.5. The van der Waals surface area contributed by atoms with Crippen LogP contribution in [0.1, 0.15) is 16.8 Å². The minimum Gasteiger partial charge on any atom is -0.482 e. The van der Waals surface area contributed by atoms with E-state index in [1.54, 1.807) is 18.2 Å². The summed E-state index contributed by atoms with van der Waals surface area (Å²) in [6.45, 7) is 0.166. The highest BCUT2D eigenvalue weighted by molar-refractivity contribution is 5.99. The maximum Gasteiger partial charge on any atom is 0.329 e. The summed E-state index contributed by atoms with van der Waals surface area (Å²) in [5, 5.41) is 14.2. The number of hydrogen-bond acceptors (Lipinski definition) is 6. The number of carbonyl (C=O) groups excluding carboxylic acids is 2. The van der Waals surface area contributed by atoms with Gasteiger partial charge in [-0.05, 0) is 24.6 Å². The van der Waals surface area contributed by atoms with E-state index in [0.717, 1.165) is 0 Å². The van der Waals surface area contributed by atoms with Gasteiger partial charge < -0.3 is 30.0 Å². The molecule has 0 saturated carbocycles. The Morgan fingerprint density at radius 3 is 3.04 bits per heavy atom. The molecule has 134 valence electrons. The zero-order chi connectivity index (χ0) is 17.8. The van der Waals surface area contributed by atoms with Gasteiger partial charge in [0.05, 0.1) is 24.4 Å². The molecule has 1 saturated heterocycles. The maximum absolute atomic E-state index is 12.5. The summed E-state index contributed by atoms with van der Waals surface area (Å²) in [6, 6.07) is 4.26. The quantitative estimate of drug-likeness (QED) is 0.683. The van der Waals surface area contributed by atoms with Gasteiger partial charge in [-0.3, -0.25) is 9.59 Å². The first kappa shape index (κ1) is 17.2. The van der Waals surface area contributed by atoms with Gasteiger partial charge >= 0.3 is 5.97 Å². The summed E-state index contributed by atoms with van der Waals surface area (Å²) in [6.07, 6.45) is 0.0688. The van der Waals surface area contributed by atoms with Crippen LogP contribution in [0.25, 0.3) is 0 Å². The molecule has 0 bridgehead atoms. The van der Waals surface area contributed by atoms with Crippen LogP contribution in [0, 0.1) is 0 Å². The number of fused-ring (bicyclic) bond motifs is 1. The van der Waals surface area contributed by atoms with Crippen LogP contribution in [-0.2, 0) is 19.1 Å². The molecule has 2 aliphatic rings. The van der Waals surface area contributed by atoms with Gasteiger partial charge in [0, 0.05) is 12.2 Å². The normalized spacial score (nSPS) is 22.3. The Morgan fingerprint density at radius 1 is 1.40 bits per heavy atom. The number of rotatable bonds is 5. The Balaban J connectivity index is 1.66. The zero-order valence-electron chi connectivity index (χ0n) is 13.3. The van der Waals surface area contributed by atoms with Crippen LogP contribution >= 0.6 is 0 Å². The van der Waals surface area contributed by atoms with E-state index in [1.807, 2.05) is 0 Å². The third kappa shape index (κ3) is 4.25. The fourth-order valence-corrected chi connectivity index (χ4v) is 2.70. The molecule has 25 heavy (non-hydrogen) atoms. The topological polar surface area (TPSA) is 123 Å². The Bertz CT molecular complexity index is 691. The van der Waals surface area contributed by atoms with Gasteiger partial charge in [-0.15, -0.1) is 0 Å². The Morgan fingerprint density at radius 2 is 2.24 bits per heavy atom. The lowest BCUT2D eigenvalue weighted by Gasteiger charge is -2.31. The second-order valence-electron chi connectivity index (χ2n) is 5.73. The summed E-state index contributed by atoms with van der Waals surface area (Å²) in [5.74, 6) is -1.25. The highest BCUT2D eigenvalue weighted by Crippen LogP contribution is 2.28. The van der Waals surface area contributed by atoms with Gasteiger partial charge in [-0.2, -0.15) is 0 Å². The van der Waals surface area contributed by atoms with E-state index in [4.69, 9.17) is 19.3 Å². The van der Waals surface area contributed by atoms with Gasteiger partial charge in [0.2, 0.25) is 0 Å². The number of carboxylic acids is 1. The predicted molar refractivity (Wildman–Crippen MR) is 84.6 cm³/mol. The van der Waals surface area contributed by atoms with E-state index in [9.17, 15) is 14.4 Å². The van der Waals surface area contributed by atoms with Gasteiger partial charge in [-0.25, -0.2) is 4.79 Å². The number of aliphatic carboxylic acids is 1. The van der Waals surface area contributed by atoms with Crippen molar-refractivity contribution in [3.05, 3.63) is 23.8 Å². The number of anilines is 1. The minimum absolute atomic E-state index is 0.0976. The number of carbonyl (C=O) groups is 3. The molecule has 2 atom stereocenters. The standard InChI is InChI=1S/C16H18N2O7/c19-14-7-24-13-5-9(1-2-10(13)17-14)16(22)18-11-6-23-4-3-12(11)25-8-15(20)21/h1-2,5,11-12H,3-4,6-8H2,(H,17,19)(H,18,22)(H,20,21)/t11-,12+/m1/s1. The van der Waals surface area contributed by atoms with Crippen molar-refractivity contribution >= 4 is 23.5 Å². The molecular formula is C16H18N2O7. The highest BCUT2D eigenvalue weighted by Gasteiger charge is 2.29.